The number of nitrogens with one attached hydrogen (secondary N) is 1. The molecule has 1 saturated heterocycles. The lowest BCUT2D eigenvalue weighted by Crippen LogP contribution is -2.45. The van der Waals surface area contributed by atoms with Gasteiger partial charge in [0.2, 0.25) is 0 Å². The highest BCUT2D eigenvalue weighted by Gasteiger charge is 2.19. The van der Waals surface area contributed by atoms with E-state index < -0.39 is 0 Å². The molecule has 0 radical (unpaired) electrons. The van der Waals surface area contributed by atoms with Crippen molar-refractivity contribution in [1.29, 1.82) is 0 Å². The van der Waals surface area contributed by atoms with E-state index in [4.69, 9.17) is 4.74 Å². The molecule has 0 aromatic carbocycles. The fourth-order valence-electron chi connectivity index (χ4n) is 2.02. The van der Waals surface area contributed by atoms with Crippen molar-refractivity contribution in [3.63, 3.8) is 0 Å². The number of carbonyl (C=O) groups excluding carboxylic acids is 1. The first-order valence-corrected chi connectivity index (χ1v) is 6.16. The molecule has 98 valence electrons. The molecule has 0 spiro atoms. The number of amides is 1. The summed E-state index contributed by atoms with van der Waals surface area (Å²) in [6.45, 7) is 4.91. The number of pyridine rings is 1. The first-order valence-electron chi connectivity index (χ1n) is 6.16. The van der Waals surface area contributed by atoms with Crippen LogP contribution >= 0.6 is 0 Å². The number of hydrogen-bond acceptors (Lipinski definition) is 4. The molecule has 1 unspecified atom stereocenters. The summed E-state index contributed by atoms with van der Waals surface area (Å²) in [5, 5.41) is 3.25. The Morgan fingerprint density at radius 1 is 1.61 bits per heavy atom. The summed E-state index contributed by atoms with van der Waals surface area (Å²) in [7, 11) is 1.79. The maximum Gasteiger partial charge on any atom is 0.255 e. The minimum Gasteiger partial charge on any atom is -0.374 e. The molecule has 1 aromatic heterocycles. The summed E-state index contributed by atoms with van der Waals surface area (Å²) in [6, 6.07) is 1.85. The highest BCUT2D eigenvalue weighted by molar-refractivity contribution is 5.93. The van der Waals surface area contributed by atoms with Crippen molar-refractivity contribution < 1.29 is 9.53 Å². The fraction of sp³-hybridized carbons (Fsp3) is 0.538. The molecule has 5 nitrogen and oxygen atoms in total. The van der Waals surface area contributed by atoms with E-state index in [9.17, 15) is 4.79 Å². The highest BCUT2D eigenvalue weighted by atomic mass is 16.5. The zero-order valence-electron chi connectivity index (χ0n) is 10.8. The van der Waals surface area contributed by atoms with Gasteiger partial charge in [0.15, 0.2) is 0 Å². The summed E-state index contributed by atoms with van der Waals surface area (Å²) < 4.78 is 5.59. The molecular formula is C13H19N3O2. The average molecular weight is 249 g/mol. The van der Waals surface area contributed by atoms with Crippen LogP contribution in [0.4, 0.5) is 0 Å². The number of rotatable bonds is 3. The van der Waals surface area contributed by atoms with E-state index in [1.54, 1.807) is 24.3 Å². The molecule has 1 atom stereocenters. The van der Waals surface area contributed by atoms with Gasteiger partial charge in [0.25, 0.3) is 5.91 Å². The predicted molar refractivity (Wildman–Crippen MR) is 68.5 cm³/mol. The van der Waals surface area contributed by atoms with Gasteiger partial charge < -0.3 is 15.0 Å². The van der Waals surface area contributed by atoms with Crippen molar-refractivity contribution >= 4 is 5.91 Å². The van der Waals surface area contributed by atoms with Crippen molar-refractivity contribution in [2.45, 2.75) is 13.0 Å². The Hall–Kier alpha value is -1.46. The number of aromatic nitrogens is 1. The minimum absolute atomic E-state index is 0.0135. The monoisotopic (exact) mass is 249 g/mol. The van der Waals surface area contributed by atoms with Crippen molar-refractivity contribution in [1.82, 2.24) is 15.2 Å². The second-order valence-electron chi connectivity index (χ2n) is 4.63. The minimum atomic E-state index is -0.0135. The number of likely N-dealkylation sites (N-methyl/N-ethyl adjacent to an activating group) is 1. The summed E-state index contributed by atoms with van der Waals surface area (Å²) in [4.78, 5) is 17.9. The number of ether oxygens (including phenoxy) is 1. The molecule has 0 aliphatic carbocycles. The van der Waals surface area contributed by atoms with E-state index >= 15 is 0 Å². The topological polar surface area (TPSA) is 54.5 Å². The Morgan fingerprint density at radius 2 is 2.44 bits per heavy atom. The zero-order chi connectivity index (χ0) is 13.0. The van der Waals surface area contributed by atoms with Crippen molar-refractivity contribution in [2.75, 3.05) is 33.3 Å². The summed E-state index contributed by atoms with van der Waals surface area (Å²) >= 11 is 0. The van der Waals surface area contributed by atoms with Crippen LogP contribution in [0.3, 0.4) is 0 Å². The van der Waals surface area contributed by atoms with Crippen molar-refractivity contribution in [3.8, 4) is 0 Å². The summed E-state index contributed by atoms with van der Waals surface area (Å²) in [6.07, 6.45) is 3.42. The van der Waals surface area contributed by atoms with Crippen LogP contribution in [0.25, 0.3) is 0 Å². The molecule has 1 aliphatic rings. The molecule has 1 amide bonds. The van der Waals surface area contributed by atoms with Gasteiger partial charge in [-0.1, -0.05) is 0 Å². The van der Waals surface area contributed by atoms with Crippen LogP contribution in [0.15, 0.2) is 18.5 Å². The number of nitrogens with zero attached hydrogens (tertiary/aromatic N) is 2. The van der Waals surface area contributed by atoms with Gasteiger partial charge in [-0.05, 0) is 18.6 Å². The Bertz CT molecular complexity index is 416. The van der Waals surface area contributed by atoms with Crippen LogP contribution in [-0.4, -0.2) is 55.2 Å². The highest BCUT2D eigenvalue weighted by Crippen LogP contribution is 2.06. The van der Waals surface area contributed by atoms with Crippen LogP contribution in [0, 0.1) is 6.92 Å². The van der Waals surface area contributed by atoms with Crippen LogP contribution in [0.2, 0.25) is 0 Å². The van der Waals surface area contributed by atoms with E-state index in [1.165, 1.54) is 0 Å². The lowest BCUT2D eigenvalue weighted by Gasteiger charge is -2.28. The van der Waals surface area contributed by atoms with Crippen LogP contribution in [0.1, 0.15) is 15.9 Å². The Kier molecular flexibility index (Phi) is 4.28. The van der Waals surface area contributed by atoms with Gasteiger partial charge in [-0.25, -0.2) is 0 Å². The fourth-order valence-corrected chi connectivity index (χ4v) is 2.02. The van der Waals surface area contributed by atoms with E-state index in [2.05, 4.69) is 10.3 Å². The first kappa shape index (κ1) is 13.0. The van der Waals surface area contributed by atoms with E-state index in [0.29, 0.717) is 18.7 Å². The van der Waals surface area contributed by atoms with Gasteiger partial charge in [0.1, 0.15) is 0 Å². The first-order chi connectivity index (χ1) is 8.66. The second kappa shape index (κ2) is 5.93. The number of carbonyl (C=O) groups is 1. The Labute approximate surface area is 107 Å². The number of morpholine rings is 1. The second-order valence-corrected chi connectivity index (χ2v) is 4.63. The molecule has 1 aromatic rings. The molecule has 5 heteroatoms. The zero-order valence-corrected chi connectivity index (χ0v) is 10.8. The molecule has 2 heterocycles. The maximum atomic E-state index is 12.2. The quantitative estimate of drug-likeness (QED) is 0.845. The van der Waals surface area contributed by atoms with Gasteiger partial charge in [-0.2, -0.15) is 0 Å². The Morgan fingerprint density at radius 3 is 3.11 bits per heavy atom. The number of hydrogen-bond donors (Lipinski definition) is 1. The van der Waals surface area contributed by atoms with Crippen LogP contribution in [-0.2, 0) is 4.74 Å². The maximum absolute atomic E-state index is 12.2. The van der Waals surface area contributed by atoms with Crippen LogP contribution < -0.4 is 5.32 Å². The van der Waals surface area contributed by atoms with E-state index in [-0.39, 0.29) is 12.0 Å². The van der Waals surface area contributed by atoms with E-state index in [0.717, 1.165) is 18.7 Å². The van der Waals surface area contributed by atoms with Gasteiger partial charge in [-0.15, -0.1) is 0 Å². The van der Waals surface area contributed by atoms with E-state index in [1.807, 2.05) is 13.0 Å². The van der Waals surface area contributed by atoms with Gasteiger partial charge in [0.05, 0.1) is 18.3 Å². The van der Waals surface area contributed by atoms with Gasteiger partial charge in [-0.3, -0.25) is 9.78 Å². The SMILES string of the molecule is Cc1cncc(C(=O)N(C)CC2CNCCO2)c1. The molecular weight excluding hydrogens is 230 g/mol. The van der Waals surface area contributed by atoms with Gasteiger partial charge in [0, 0.05) is 39.1 Å². The van der Waals surface area contributed by atoms with Crippen molar-refractivity contribution in [3.05, 3.63) is 29.6 Å². The standard InChI is InChI=1S/C13H19N3O2/c1-10-5-11(7-15-6-10)13(17)16(2)9-12-8-14-3-4-18-12/h5-7,12,14H,3-4,8-9H2,1-2H3. The smallest absolute Gasteiger partial charge is 0.255 e. The largest absolute Gasteiger partial charge is 0.374 e. The van der Waals surface area contributed by atoms with Gasteiger partial charge >= 0.3 is 0 Å². The lowest BCUT2D eigenvalue weighted by molar-refractivity contribution is 0.0104. The molecule has 0 saturated carbocycles. The third-order valence-electron chi connectivity index (χ3n) is 2.95. The third kappa shape index (κ3) is 3.27. The van der Waals surface area contributed by atoms with Crippen molar-refractivity contribution in [2.24, 2.45) is 0 Å². The third-order valence-corrected chi connectivity index (χ3v) is 2.95. The molecule has 1 N–H and O–H groups in total. The molecule has 1 aliphatic heterocycles. The molecule has 1 fully saturated rings. The molecule has 2 rings (SSSR count). The number of aryl methyl sites for hydroxylation is 1. The van der Waals surface area contributed by atoms with Crippen LogP contribution in [0.5, 0.6) is 0 Å². The normalized spacial score (nSPS) is 19.6. The molecule has 0 bridgehead atoms. The Balaban J connectivity index is 1.95. The lowest BCUT2D eigenvalue weighted by atomic mass is 10.2. The average Bonchev–Trinajstić information content (AvgIpc) is 2.39. The summed E-state index contributed by atoms with van der Waals surface area (Å²) in [5.74, 6) is -0.0135. The predicted octanol–water partition coefficient (Wildman–Crippen LogP) is 0.450. The summed E-state index contributed by atoms with van der Waals surface area (Å²) in [5.41, 5.74) is 1.62. The molecule has 18 heavy (non-hydrogen) atoms.